The molecule has 5 nitrogen and oxygen atoms in total. The summed E-state index contributed by atoms with van der Waals surface area (Å²) in [6, 6.07) is 0. The molecule has 0 bridgehead atoms. The molecule has 0 N–H and O–H groups in total. The lowest BCUT2D eigenvalue weighted by atomic mass is 10.2. The molecular weight excluding hydrogens is 200 g/mol. The van der Waals surface area contributed by atoms with Crippen LogP contribution in [0.5, 0.6) is 0 Å². The molecular formula is C8H14N4OS. The Bertz CT molecular complexity index is 299. The summed E-state index contributed by atoms with van der Waals surface area (Å²) in [5, 5.41) is 11.9. The molecule has 0 unspecified atom stereocenters. The summed E-state index contributed by atoms with van der Waals surface area (Å²) >= 11 is 1.62. The lowest BCUT2D eigenvalue weighted by Gasteiger charge is -1.98. The predicted octanol–water partition coefficient (Wildman–Crippen LogP) is 1.06. The Morgan fingerprint density at radius 2 is 2.29 bits per heavy atom. The van der Waals surface area contributed by atoms with Crippen molar-refractivity contribution in [2.75, 3.05) is 5.75 Å². The van der Waals surface area contributed by atoms with Crippen LogP contribution < -0.4 is 0 Å². The Morgan fingerprint density at radius 3 is 2.86 bits per heavy atom. The molecule has 1 heterocycles. The topological polar surface area (TPSA) is 60.7 Å². The highest BCUT2D eigenvalue weighted by Gasteiger charge is 2.01. The second kappa shape index (κ2) is 5.74. The number of carbonyl (C=O) groups excluding carboxylic acids is 1. The maximum Gasteiger partial charge on any atom is 0.209 e. The van der Waals surface area contributed by atoms with E-state index in [1.165, 1.54) is 0 Å². The Labute approximate surface area is 87.3 Å². The minimum absolute atomic E-state index is 0.260. The molecule has 1 aromatic heterocycles. The normalized spacial score (nSPS) is 10.4. The van der Waals surface area contributed by atoms with Crippen molar-refractivity contribution >= 4 is 17.5 Å². The van der Waals surface area contributed by atoms with Gasteiger partial charge in [0.15, 0.2) is 0 Å². The van der Waals surface area contributed by atoms with Crippen LogP contribution >= 0.6 is 11.8 Å². The average molecular weight is 214 g/mol. The molecule has 0 saturated carbocycles. The van der Waals surface area contributed by atoms with Gasteiger partial charge in [0.2, 0.25) is 5.16 Å². The molecule has 0 radical (unpaired) electrons. The molecule has 6 heteroatoms. The van der Waals surface area contributed by atoms with Crippen molar-refractivity contribution in [1.29, 1.82) is 0 Å². The van der Waals surface area contributed by atoms with E-state index >= 15 is 0 Å². The van der Waals surface area contributed by atoms with Crippen LogP contribution in [0.15, 0.2) is 5.16 Å². The van der Waals surface area contributed by atoms with Crippen LogP contribution in [-0.2, 0) is 11.8 Å². The van der Waals surface area contributed by atoms with E-state index in [0.29, 0.717) is 6.42 Å². The summed E-state index contributed by atoms with van der Waals surface area (Å²) < 4.78 is 1.65. The van der Waals surface area contributed by atoms with Crippen molar-refractivity contribution in [3.63, 3.8) is 0 Å². The minimum atomic E-state index is 0.260. The molecule has 1 aromatic rings. The van der Waals surface area contributed by atoms with E-state index in [1.54, 1.807) is 23.4 Å². The van der Waals surface area contributed by atoms with Gasteiger partial charge in [-0.25, -0.2) is 4.68 Å². The first-order valence-electron chi connectivity index (χ1n) is 4.54. The zero-order valence-electron chi connectivity index (χ0n) is 8.43. The Kier molecular flexibility index (Phi) is 4.58. The highest BCUT2D eigenvalue weighted by molar-refractivity contribution is 7.99. The highest BCUT2D eigenvalue weighted by Crippen LogP contribution is 2.14. The van der Waals surface area contributed by atoms with Gasteiger partial charge in [0.05, 0.1) is 0 Å². The van der Waals surface area contributed by atoms with Gasteiger partial charge >= 0.3 is 0 Å². The van der Waals surface area contributed by atoms with Crippen LogP contribution in [-0.4, -0.2) is 31.7 Å². The number of hydrogen-bond acceptors (Lipinski definition) is 5. The second-order valence-corrected chi connectivity index (χ2v) is 4.15. The monoisotopic (exact) mass is 214 g/mol. The van der Waals surface area contributed by atoms with E-state index in [-0.39, 0.29) is 5.78 Å². The number of tetrazole rings is 1. The molecule has 14 heavy (non-hydrogen) atoms. The largest absolute Gasteiger partial charge is 0.300 e. The van der Waals surface area contributed by atoms with Crippen molar-refractivity contribution < 1.29 is 4.79 Å². The van der Waals surface area contributed by atoms with Gasteiger partial charge in [-0.1, -0.05) is 11.8 Å². The summed E-state index contributed by atoms with van der Waals surface area (Å²) in [4.78, 5) is 10.6. The van der Waals surface area contributed by atoms with Crippen LogP contribution in [0.3, 0.4) is 0 Å². The van der Waals surface area contributed by atoms with E-state index in [2.05, 4.69) is 15.5 Å². The number of nitrogens with zero attached hydrogens (tertiary/aromatic N) is 4. The summed E-state index contributed by atoms with van der Waals surface area (Å²) in [6.07, 6.45) is 2.66. The van der Waals surface area contributed by atoms with Gasteiger partial charge in [0, 0.05) is 19.2 Å². The van der Waals surface area contributed by atoms with E-state index in [1.807, 2.05) is 7.05 Å². The summed E-state index contributed by atoms with van der Waals surface area (Å²) in [5.74, 6) is 1.22. The number of hydrogen-bond donors (Lipinski definition) is 0. The number of aromatic nitrogens is 4. The fraction of sp³-hybridized carbons (Fsp3) is 0.750. The maximum atomic E-state index is 10.6. The number of unbranched alkanes of at least 4 members (excludes halogenated alkanes) is 1. The van der Waals surface area contributed by atoms with Crippen LogP contribution in [0, 0.1) is 0 Å². The first-order chi connectivity index (χ1) is 6.70. The zero-order valence-corrected chi connectivity index (χ0v) is 9.25. The molecule has 0 aliphatic carbocycles. The molecule has 0 saturated heterocycles. The maximum absolute atomic E-state index is 10.6. The van der Waals surface area contributed by atoms with E-state index in [9.17, 15) is 4.79 Å². The first kappa shape index (κ1) is 11.2. The van der Waals surface area contributed by atoms with E-state index in [0.717, 1.165) is 23.8 Å². The Hall–Kier alpha value is -0.910. The standard InChI is InChI=1S/C8H14N4OS/c1-7(13)5-3-4-6-14-8-9-10-11-12(8)2/h3-6H2,1-2H3. The fourth-order valence-corrected chi connectivity index (χ4v) is 1.83. The number of ketones is 1. The van der Waals surface area contributed by atoms with Crippen molar-refractivity contribution in [3.8, 4) is 0 Å². The SMILES string of the molecule is CC(=O)CCCCSc1nnnn1C. The molecule has 0 atom stereocenters. The van der Waals surface area contributed by atoms with E-state index < -0.39 is 0 Å². The summed E-state index contributed by atoms with van der Waals surface area (Å²) in [6.45, 7) is 1.62. The van der Waals surface area contributed by atoms with Gasteiger partial charge in [0.25, 0.3) is 0 Å². The number of thioether (sulfide) groups is 1. The lowest BCUT2D eigenvalue weighted by Crippen LogP contribution is -1.94. The lowest BCUT2D eigenvalue weighted by molar-refractivity contribution is -0.117. The Morgan fingerprint density at radius 1 is 1.50 bits per heavy atom. The van der Waals surface area contributed by atoms with Crippen LogP contribution in [0.4, 0.5) is 0 Å². The number of carbonyl (C=O) groups is 1. The fourth-order valence-electron chi connectivity index (χ4n) is 0.983. The van der Waals surface area contributed by atoms with Crippen molar-refractivity contribution in [2.45, 2.75) is 31.3 Å². The zero-order chi connectivity index (χ0) is 10.4. The van der Waals surface area contributed by atoms with Crippen LogP contribution in [0.2, 0.25) is 0 Å². The molecule has 0 spiro atoms. The van der Waals surface area contributed by atoms with Gasteiger partial charge in [0.1, 0.15) is 5.78 Å². The second-order valence-electron chi connectivity index (χ2n) is 3.09. The third-order valence-corrected chi connectivity index (χ3v) is 2.83. The third kappa shape index (κ3) is 3.87. The van der Waals surface area contributed by atoms with Gasteiger partial charge in [-0.05, 0) is 30.2 Å². The summed E-state index contributed by atoms with van der Waals surface area (Å²) in [7, 11) is 1.82. The minimum Gasteiger partial charge on any atom is -0.300 e. The molecule has 78 valence electrons. The molecule has 0 aromatic carbocycles. The van der Waals surface area contributed by atoms with Gasteiger partial charge in [-0.15, -0.1) is 5.10 Å². The third-order valence-electron chi connectivity index (χ3n) is 1.74. The molecule has 0 aliphatic heterocycles. The smallest absolute Gasteiger partial charge is 0.209 e. The van der Waals surface area contributed by atoms with Crippen molar-refractivity contribution in [3.05, 3.63) is 0 Å². The predicted molar refractivity (Wildman–Crippen MR) is 54.1 cm³/mol. The molecule has 0 aliphatic rings. The quantitative estimate of drug-likeness (QED) is 0.523. The molecule has 1 rings (SSSR count). The van der Waals surface area contributed by atoms with Crippen molar-refractivity contribution in [1.82, 2.24) is 20.2 Å². The van der Waals surface area contributed by atoms with Crippen LogP contribution in [0.1, 0.15) is 26.2 Å². The number of rotatable bonds is 6. The van der Waals surface area contributed by atoms with Gasteiger partial charge < -0.3 is 4.79 Å². The number of aryl methyl sites for hydroxylation is 1. The first-order valence-corrected chi connectivity index (χ1v) is 5.53. The van der Waals surface area contributed by atoms with Crippen LogP contribution in [0.25, 0.3) is 0 Å². The van der Waals surface area contributed by atoms with Gasteiger partial charge in [-0.3, -0.25) is 0 Å². The average Bonchev–Trinajstić information content (AvgIpc) is 2.51. The van der Waals surface area contributed by atoms with Gasteiger partial charge in [-0.2, -0.15) is 0 Å². The molecule has 0 amide bonds. The highest BCUT2D eigenvalue weighted by atomic mass is 32.2. The summed E-state index contributed by atoms with van der Waals surface area (Å²) in [5.41, 5.74) is 0. The van der Waals surface area contributed by atoms with Crippen molar-refractivity contribution in [2.24, 2.45) is 7.05 Å². The number of Topliss-reactive ketones (excluding diaryl/α,β-unsaturated/α-hetero) is 1. The molecule has 0 fully saturated rings. The Balaban J connectivity index is 2.10. The van der Waals surface area contributed by atoms with E-state index in [4.69, 9.17) is 0 Å².